The molecular formula is C25H24F2N8O6. The summed E-state index contributed by atoms with van der Waals surface area (Å²) < 4.78 is 42.9. The van der Waals surface area contributed by atoms with Crippen molar-refractivity contribution in [1.29, 1.82) is 5.41 Å². The van der Waals surface area contributed by atoms with Gasteiger partial charge in [-0.25, -0.2) is 14.8 Å². The van der Waals surface area contributed by atoms with Crippen LogP contribution in [0.15, 0.2) is 59.7 Å². The molecule has 16 heteroatoms. The summed E-state index contributed by atoms with van der Waals surface area (Å²) in [7, 11) is 0. The molecule has 4 aromatic rings. The van der Waals surface area contributed by atoms with Crippen molar-refractivity contribution in [3.8, 4) is 17.4 Å². The van der Waals surface area contributed by atoms with Crippen molar-refractivity contribution in [3.05, 3.63) is 87.9 Å². The van der Waals surface area contributed by atoms with Crippen LogP contribution < -0.4 is 26.2 Å². The van der Waals surface area contributed by atoms with Gasteiger partial charge in [-0.2, -0.15) is 8.78 Å². The topological polar surface area (TPSA) is 203 Å². The number of H-pyrrole nitrogens is 1. The Morgan fingerprint density at radius 2 is 1.93 bits per heavy atom. The number of anilines is 1. The first-order valence-corrected chi connectivity index (χ1v) is 11.8. The zero-order valence-corrected chi connectivity index (χ0v) is 21.4. The third-order valence-electron chi connectivity index (χ3n) is 5.40. The molecule has 1 atom stereocenters. The van der Waals surface area contributed by atoms with E-state index in [2.05, 4.69) is 25.4 Å². The molecule has 41 heavy (non-hydrogen) atoms. The Kier molecular flexibility index (Phi) is 8.83. The molecule has 0 spiro atoms. The molecule has 6 N–H and O–H groups in total. The van der Waals surface area contributed by atoms with Crippen molar-refractivity contribution in [2.75, 3.05) is 12.1 Å². The van der Waals surface area contributed by atoms with Crippen LogP contribution in [0.4, 0.5) is 14.5 Å². The fourth-order valence-corrected chi connectivity index (χ4v) is 3.79. The molecule has 14 nitrogen and oxygen atoms in total. The molecule has 0 aliphatic carbocycles. The molecule has 1 unspecified atom stereocenters. The second kappa shape index (κ2) is 12.6. The van der Waals surface area contributed by atoms with E-state index in [0.717, 1.165) is 11.6 Å². The molecule has 2 aromatic carbocycles. The highest BCUT2D eigenvalue weighted by Gasteiger charge is 2.27. The van der Waals surface area contributed by atoms with Crippen LogP contribution >= 0.6 is 0 Å². The summed E-state index contributed by atoms with van der Waals surface area (Å²) >= 11 is 0. The van der Waals surface area contributed by atoms with Gasteiger partial charge in [-0.15, -0.1) is 9.78 Å². The van der Waals surface area contributed by atoms with E-state index in [1.807, 2.05) is 0 Å². The lowest BCUT2D eigenvalue weighted by Gasteiger charge is -2.24. The van der Waals surface area contributed by atoms with E-state index in [1.54, 1.807) is 36.4 Å². The van der Waals surface area contributed by atoms with Crippen LogP contribution in [0, 0.1) is 5.41 Å². The number of carboxylic acids is 1. The number of carbonyl (C=O) groups is 1. The number of benzene rings is 2. The Morgan fingerprint density at radius 1 is 1.24 bits per heavy atom. The highest BCUT2D eigenvalue weighted by atomic mass is 19.3. The van der Waals surface area contributed by atoms with Gasteiger partial charge in [0.2, 0.25) is 0 Å². The van der Waals surface area contributed by atoms with Crippen LogP contribution in [-0.2, 0) is 16.1 Å². The lowest BCUT2D eigenvalue weighted by atomic mass is 10.0. The molecule has 0 saturated carbocycles. The molecule has 214 valence electrons. The lowest BCUT2D eigenvalue weighted by Crippen LogP contribution is -2.19. The average molecular weight is 571 g/mol. The summed E-state index contributed by atoms with van der Waals surface area (Å²) in [5, 5.41) is 22.6. The third-order valence-corrected chi connectivity index (χ3v) is 5.40. The number of nitrogens with one attached hydrogen (secondary N) is 3. The zero-order valence-electron chi connectivity index (χ0n) is 21.4. The number of hydrogen-bond acceptors (Lipinski definition) is 10. The smallest absolute Gasteiger partial charge is 0.387 e. The number of carboxylic acid groups (broad SMARTS) is 1. The van der Waals surface area contributed by atoms with E-state index in [1.165, 1.54) is 18.5 Å². The molecule has 2 aromatic heterocycles. The van der Waals surface area contributed by atoms with E-state index in [4.69, 9.17) is 35.3 Å². The van der Waals surface area contributed by atoms with Crippen molar-refractivity contribution in [1.82, 2.24) is 24.7 Å². The van der Waals surface area contributed by atoms with Gasteiger partial charge in [0.05, 0.1) is 6.61 Å². The SMILES string of the molecule is CC(=O)O.N=C(N)c1ccc(NC(c2cc3c(c(OC(F)F)c2)OCOC3)c2nn(-c3ncccn3)c(=O)[nH]2)cc1. The number of nitrogen functional groups attached to an aromatic ring is 1. The molecule has 5 rings (SSSR count). The van der Waals surface area contributed by atoms with Crippen LogP contribution in [0.1, 0.15) is 35.5 Å². The standard InChI is InChI=1S/C23H20F2N8O4.C2H4O2/c24-21(25)37-16-9-13(8-14-10-35-11-36-18(14)16)17(30-15-4-2-12(3-5-15)19(26)27)20-31-23(34)33(32-20)22-28-6-1-7-29-22;1-2(3)4/h1-9,17,21,30H,10-11H2,(H3,26,27)(H,31,32,34);1H3,(H,3,4). The molecule has 1 aliphatic heterocycles. The first-order chi connectivity index (χ1) is 19.6. The first-order valence-electron chi connectivity index (χ1n) is 11.8. The zero-order chi connectivity index (χ0) is 29.5. The second-order valence-electron chi connectivity index (χ2n) is 8.36. The fraction of sp³-hybridized carbons (Fsp3) is 0.200. The number of ether oxygens (including phenoxy) is 3. The number of alkyl halides is 2. The minimum Gasteiger partial charge on any atom is -0.481 e. The number of nitrogens with two attached hydrogens (primary N) is 1. The van der Waals surface area contributed by atoms with E-state index in [-0.39, 0.29) is 42.5 Å². The van der Waals surface area contributed by atoms with Crippen molar-refractivity contribution >= 4 is 17.5 Å². The maximum atomic E-state index is 13.2. The minimum absolute atomic E-state index is 0.0496. The van der Waals surface area contributed by atoms with Gasteiger partial charge >= 0.3 is 12.3 Å². The fourth-order valence-electron chi connectivity index (χ4n) is 3.79. The lowest BCUT2D eigenvalue weighted by molar-refractivity contribution is -0.134. The van der Waals surface area contributed by atoms with Gasteiger partial charge in [0.25, 0.3) is 11.9 Å². The molecule has 0 radical (unpaired) electrons. The maximum Gasteiger partial charge on any atom is 0.387 e. The number of fused-ring (bicyclic) bond motifs is 1. The number of nitrogens with zero attached hydrogens (tertiary/aromatic N) is 4. The number of hydrogen-bond donors (Lipinski definition) is 5. The van der Waals surface area contributed by atoms with Crippen LogP contribution in [0.3, 0.4) is 0 Å². The molecule has 0 amide bonds. The predicted octanol–water partition coefficient (Wildman–Crippen LogP) is 2.39. The number of aliphatic carboxylic acids is 1. The predicted molar refractivity (Wildman–Crippen MR) is 139 cm³/mol. The highest BCUT2D eigenvalue weighted by molar-refractivity contribution is 5.95. The number of amidine groups is 1. The Labute approximate surface area is 230 Å². The Morgan fingerprint density at radius 3 is 2.56 bits per heavy atom. The van der Waals surface area contributed by atoms with Gasteiger partial charge in [0.1, 0.15) is 11.9 Å². The van der Waals surface area contributed by atoms with E-state index >= 15 is 0 Å². The van der Waals surface area contributed by atoms with Crippen molar-refractivity contribution in [2.45, 2.75) is 26.2 Å². The molecule has 0 fully saturated rings. The normalized spacial score (nSPS) is 12.8. The molecule has 1 aliphatic rings. The summed E-state index contributed by atoms with van der Waals surface area (Å²) in [5.41, 5.74) is 6.93. The number of aromatic amines is 1. The van der Waals surface area contributed by atoms with Crippen molar-refractivity contribution < 1.29 is 32.9 Å². The number of rotatable bonds is 8. The summed E-state index contributed by atoms with van der Waals surface area (Å²) in [4.78, 5) is 32.5. The first kappa shape index (κ1) is 28.6. The molecule has 3 heterocycles. The third kappa shape index (κ3) is 7.18. The van der Waals surface area contributed by atoms with Crippen LogP contribution in [-0.4, -0.2) is 55.0 Å². The Balaban J connectivity index is 0.000000909. The van der Waals surface area contributed by atoms with Crippen LogP contribution in [0.25, 0.3) is 5.95 Å². The minimum atomic E-state index is -3.09. The summed E-state index contributed by atoms with van der Waals surface area (Å²) in [6.07, 6.45) is 2.93. The molecule has 0 saturated heterocycles. The van der Waals surface area contributed by atoms with E-state index in [9.17, 15) is 13.6 Å². The summed E-state index contributed by atoms with van der Waals surface area (Å²) in [6, 6.07) is 10.5. The monoisotopic (exact) mass is 570 g/mol. The van der Waals surface area contributed by atoms with Crippen LogP contribution in [0.5, 0.6) is 11.5 Å². The van der Waals surface area contributed by atoms with Gasteiger partial charge in [-0.3, -0.25) is 15.2 Å². The van der Waals surface area contributed by atoms with Gasteiger partial charge in [-0.05, 0) is 48.0 Å². The quantitative estimate of drug-likeness (QED) is 0.154. The van der Waals surface area contributed by atoms with Gasteiger partial charge in [0, 0.05) is 36.1 Å². The summed E-state index contributed by atoms with van der Waals surface area (Å²) in [5.74, 6) is -0.769. The maximum absolute atomic E-state index is 13.2. The van der Waals surface area contributed by atoms with Crippen LogP contribution in [0.2, 0.25) is 0 Å². The summed E-state index contributed by atoms with van der Waals surface area (Å²) in [6.45, 7) is -2.01. The van der Waals surface area contributed by atoms with Crippen molar-refractivity contribution in [3.63, 3.8) is 0 Å². The number of halogens is 2. The van der Waals surface area contributed by atoms with Gasteiger partial charge in [0.15, 0.2) is 24.1 Å². The second-order valence-corrected chi connectivity index (χ2v) is 8.36. The molecular weight excluding hydrogens is 546 g/mol. The van der Waals surface area contributed by atoms with Gasteiger partial charge < -0.3 is 30.4 Å². The van der Waals surface area contributed by atoms with Crippen molar-refractivity contribution in [2.24, 2.45) is 5.73 Å². The highest BCUT2D eigenvalue weighted by Crippen LogP contribution is 2.39. The Hall–Kier alpha value is -5.38. The van der Waals surface area contributed by atoms with Gasteiger partial charge in [-0.1, -0.05) is 0 Å². The van der Waals surface area contributed by atoms with E-state index < -0.39 is 24.3 Å². The largest absolute Gasteiger partial charge is 0.481 e. The van der Waals surface area contributed by atoms with E-state index in [0.29, 0.717) is 22.4 Å². The number of aromatic nitrogens is 5. The Bertz CT molecular complexity index is 1570. The molecule has 0 bridgehead atoms. The average Bonchev–Trinajstić information content (AvgIpc) is 3.33.